The number of hydrogen-bond donors (Lipinski definition) is 4. The fourth-order valence-electron chi connectivity index (χ4n) is 2.67. The highest BCUT2D eigenvalue weighted by molar-refractivity contribution is 5.90. The van der Waals surface area contributed by atoms with Crippen LogP contribution in [0.3, 0.4) is 0 Å². The van der Waals surface area contributed by atoms with Crippen LogP contribution in [0.4, 0.5) is 10.5 Å². The first-order chi connectivity index (χ1) is 10.1. The van der Waals surface area contributed by atoms with E-state index in [4.69, 9.17) is 5.11 Å². The fraction of sp³-hybridized carbons (Fsp3) is 0.467. The average Bonchev–Trinajstić information content (AvgIpc) is 2.90. The van der Waals surface area contributed by atoms with Crippen molar-refractivity contribution in [2.24, 2.45) is 5.92 Å². The van der Waals surface area contributed by atoms with Gasteiger partial charge in [0.05, 0.1) is 5.92 Å². The molecule has 0 aliphatic heterocycles. The van der Waals surface area contributed by atoms with Gasteiger partial charge in [-0.1, -0.05) is 18.2 Å². The highest BCUT2D eigenvalue weighted by Gasteiger charge is 2.30. The molecule has 0 radical (unpaired) electrons. The Hall–Kier alpha value is -2.08. The summed E-state index contributed by atoms with van der Waals surface area (Å²) < 4.78 is 0. The Labute approximate surface area is 123 Å². The van der Waals surface area contributed by atoms with E-state index in [2.05, 4.69) is 16.0 Å². The molecule has 1 aromatic carbocycles. The maximum atomic E-state index is 12.0. The lowest BCUT2D eigenvalue weighted by molar-refractivity contribution is -0.141. The van der Waals surface area contributed by atoms with E-state index in [0.29, 0.717) is 25.8 Å². The number of para-hydroxylation sites is 1. The van der Waals surface area contributed by atoms with Crippen LogP contribution in [-0.4, -0.2) is 30.2 Å². The summed E-state index contributed by atoms with van der Waals surface area (Å²) >= 11 is 0. The number of carbonyl (C=O) groups excluding carboxylic acids is 1. The van der Waals surface area contributed by atoms with E-state index in [0.717, 1.165) is 11.3 Å². The normalized spacial score (nSPS) is 21.0. The van der Waals surface area contributed by atoms with Gasteiger partial charge in [-0.05, 0) is 37.9 Å². The quantitative estimate of drug-likeness (QED) is 0.665. The Bertz CT molecular complexity index is 519. The fourth-order valence-corrected chi connectivity index (χ4v) is 2.67. The number of carboxylic acid groups (broad SMARTS) is 1. The van der Waals surface area contributed by atoms with Gasteiger partial charge in [-0.15, -0.1) is 0 Å². The second kappa shape index (κ2) is 7.08. The van der Waals surface area contributed by atoms with Gasteiger partial charge in [-0.3, -0.25) is 4.79 Å². The minimum absolute atomic E-state index is 0.0671. The molecular weight excluding hydrogens is 270 g/mol. The Balaban J connectivity index is 1.89. The summed E-state index contributed by atoms with van der Waals surface area (Å²) in [4.78, 5) is 22.9. The monoisotopic (exact) mass is 291 g/mol. The number of rotatable bonds is 5. The van der Waals surface area contributed by atoms with Crippen molar-refractivity contribution in [1.82, 2.24) is 10.6 Å². The Morgan fingerprint density at radius 1 is 1.29 bits per heavy atom. The molecule has 1 saturated carbocycles. The number of benzene rings is 1. The number of aliphatic carboxylic acids is 1. The van der Waals surface area contributed by atoms with E-state index in [1.807, 2.05) is 31.3 Å². The van der Waals surface area contributed by atoms with E-state index in [-0.39, 0.29) is 18.0 Å². The standard InChI is InChI=1S/C15H21N3O3/c1-16-9-11-4-2-3-5-13(11)18-15(21)17-12-7-6-10(8-12)14(19)20/h2-5,10,12,16H,6-9H2,1H3,(H,19,20)(H2,17,18,21). The molecule has 1 aromatic rings. The number of anilines is 1. The summed E-state index contributed by atoms with van der Waals surface area (Å²) in [7, 11) is 1.85. The Kier molecular flexibility index (Phi) is 5.16. The lowest BCUT2D eigenvalue weighted by atomic mass is 10.1. The molecule has 21 heavy (non-hydrogen) atoms. The molecule has 0 bridgehead atoms. The van der Waals surface area contributed by atoms with E-state index in [9.17, 15) is 9.59 Å². The van der Waals surface area contributed by atoms with Gasteiger partial charge >= 0.3 is 12.0 Å². The van der Waals surface area contributed by atoms with Crippen LogP contribution in [0.5, 0.6) is 0 Å². The average molecular weight is 291 g/mol. The first-order valence-corrected chi connectivity index (χ1v) is 7.13. The lowest BCUT2D eigenvalue weighted by Gasteiger charge is -2.15. The maximum Gasteiger partial charge on any atom is 0.319 e. The van der Waals surface area contributed by atoms with Crippen molar-refractivity contribution in [2.45, 2.75) is 31.8 Å². The Morgan fingerprint density at radius 3 is 2.71 bits per heavy atom. The molecule has 2 amide bonds. The molecule has 1 aliphatic rings. The van der Waals surface area contributed by atoms with Gasteiger partial charge < -0.3 is 21.1 Å². The van der Waals surface area contributed by atoms with E-state index >= 15 is 0 Å². The first kappa shape index (κ1) is 15.3. The number of amides is 2. The molecule has 0 spiro atoms. The van der Waals surface area contributed by atoms with Gasteiger partial charge in [0.2, 0.25) is 0 Å². The second-order valence-electron chi connectivity index (χ2n) is 5.33. The van der Waals surface area contributed by atoms with Gasteiger partial charge in [0.15, 0.2) is 0 Å². The summed E-state index contributed by atoms with van der Waals surface area (Å²) in [5.74, 6) is -1.12. The van der Waals surface area contributed by atoms with Crippen LogP contribution in [0, 0.1) is 5.92 Å². The van der Waals surface area contributed by atoms with E-state index < -0.39 is 5.97 Å². The summed E-state index contributed by atoms with van der Waals surface area (Å²) in [5, 5.41) is 17.7. The van der Waals surface area contributed by atoms with Gasteiger partial charge in [-0.25, -0.2) is 4.79 Å². The van der Waals surface area contributed by atoms with Crippen LogP contribution in [-0.2, 0) is 11.3 Å². The van der Waals surface area contributed by atoms with Crippen LogP contribution in [0.15, 0.2) is 24.3 Å². The zero-order chi connectivity index (χ0) is 15.2. The third-order valence-corrected chi connectivity index (χ3v) is 3.75. The molecule has 0 heterocycles. The Morgan fingerprint density at radius 2 is 2.05 bits per heavy atom. The van der Waals surface area contributed by atoms with Crippen molar-refractivity contribution in [3.63, 3.8) is 0 Å². The predicted octanol–water partition coefficient (Wildman–Crippen LogP) is 1.78. The molecule has 0 saturated heterocycles. The summed E-state index contributed by atoms with van der Waals surface area (Å²) in [6.45, 7) is 0.668. The molecule has 1 aliphatic carbocycles. The molecular formula is C15H21N3O3. The van der Waals surface area contributed by atoms with E-state index in [1.54, 1.807) is 0 Å². The van der Waals surface area contributed by atoms with Crippen molar-refractivity contribution in [1.29, 1.82) is 0 Å². The first-order valence-electron chi connectivity index (χ1n) is 7.13. The van der Waals surface area contributed by atoms with Crippen LogP contribution in [0.25, 0.3) is 0 Å². The third kappa shape index (κ3) is 4.19. The van der Waals surface area contributed by atoms with Crippen LogP contribution in [0.1, 0.15) is 24.8 Å². The molecule has 1 fully saturated rings. The smallest absolute Gasteiger partial charge is 0.319 e. The zero-order valence-corrected chi connectivity index (χ0v) is 12.1. The third-order valence-electron chi connectivity index (χ3n) is 3.75. The van der Waals surface area contributed by atoms with Crippen molar-refractivity contribution in [3.05, 3.63) is 29.8 Å². The lowest BCUT2D eigenvalue weighted by Crippen LogP contribution is -2.37. The second-order valence-corrected chi connectivity index (χ2v) is 5.33. The molecule has 2 atom stereocenters. The van der Waals surface area contributed by atoms with Crippen molar-refractivity contribution in [3.8, 4) is 0 Å². The van der Waals surface area contributed by atoms with Crippen LogP contribution in [0.2, 0.25) is 0 Å². The molecule has 0 aromatic heterocycles. The minimum atomic E-state index is -0.779. The molecule has 4 N–H and O–H groups in total. The van der Waals surface area contributed by atoms with Crippen molar-refractivity contribution >= 4 is 17.7 Å². The highest BCUT2D eigenvalue weighted by atomic mass is 16.4. The van der Waals surface area contributed by atoms with Gasteiger partial charge in [-0.2, -0.15) is 0 Å². The van der Waals surface area contributed by atoms with Crippen molar-refractivity contribution < 1.29 is 14.7 Å². The number of urea groups is 1. The van der Waals surface area contributed by atoms with Crippen molar-refractivity contribution in [2.75, 3.05) is 12.4 Å². The predicted molar refractivity (Wildman–Crippen MR) is 80.1 cm³/mol. The minimum Gasteiger partial charge on any atom is -0.481 e. The SMILES string of the molecule is CNCc1ccccc1NC(=O)NC1CCC(C(=O)O)C1. The zero-order valence-electron chi connectivity index (χ0n) is 12.1. The molecule has 6 nitrogen and oxygen atoms in total. The number of hydrogen-bond acceptors (Lipinski definition) is 3. The number of carboxylic acids is 1. The molecule has 114 valence electrons. The van der Waals surface area contributed by atoms with Crippen LogP contribution < -0.4 is 16.0 Å². The van der Waals surface area contributed by atoms with E-state index in [1.165, 1.54) is 0 Å². The van der Waals surface area contributed by atoms with Crippen LogP contribution >= 0.6 is 0 Å². The van der Waals surface area contributed by atoms with Gasteiger partial charge in [0.1, 0.15) is 0 Å². The molecule has 2 unspecified atom stereocenters. The molecule has 2 rings (SSSR count). The number of carbonyl (C=O) groups is 2. The summed E-state index contributed by atoms with van der Waals surface area (Å²) in [6, 6.07) is 7.23. The maximum absolute atomic E-state index is 12.0. The summed E-state index contributed by atoms with van der Waals surface area (Å²) in [6.07, 6.45) is 1.83. The molecule has 6 heteroatoms. The van der Waals surface area contributed by atoms with Gasteiger partial charge in [0.25, 0.3) is 0 Å². The number of nitrogens with one attached hydrogen (secondary N) is 3. The topological polar surface area (TPSA) is 90.5 Å². The largest absolute Gasteiger partial charge is 0.481 e. The highest BCUT2D eigenvalue weighted by Crippen LogP contribution is 2.25. The van der Waals surface area contributed by atoms with Gasteiger partial charge in [0, 0.05) is 18.3 Å². The summed E-state index contributed by atoms with van der Waals surface area (Å²) in [5.41, 5.74) is 1.77.